The van der Waals surface area contributed by atoms with Gasteiger partial charge in [0.2, 0.25) is 0 Å². The quantitative estimate of drug-likeness (QED) is 0.806. The van der Waals surface area contributed by atoms with E-state index in [4.69, 9.17) is 4.74 Å². The topological polar surface area (TPSA) is 21.3 Å². The Morgan fingerprint density at radius 1 is 1.27 bits per heavy atom. The molecule has 0 saturated carbocycles. The minimum absolute atomic E-state index is 0.333. The maximum atomic E-state index is 5.77. The van der Waals surface area contributed by atoms with Crippen molar-refractivity contribution in [3.63, 3.8) is 0 Å². The molecule has 3 heteroatoms. The lowest BCUT2D eigenvalue weighted by molar-refractivity contribution is 0.0249. The molecule has 0 aromatic carbocycles. The zero-order valence-electron chi connectivity index (χ0n) is 10.0. The number of thiophene rings is 1. The highest BCUT2D eigenvalue weighted by atomic mass is 32.1. The van der Waals surface area contributed by atoms with Crippen LogP contribution < -0.4 is 5.32 Å². The summed E-state index contributed by atoms with van der Waals surface area (Å²) >= 11 is 1.82. The molecule has 0 saturated heterocycles. The molecular weight excluding hydrogens is 206 g/mol. The normalized spacial score (nSPS) is 13.4. The predicted octanol–water partition coefficient (Wildman–Crippen LogP) is 3.03. The van der Waals surface area contributed by atoms with E-state index in [9.17, 15) is 0 Å². The minimum Gasteiger partial charge on any atom is -0.373 e. The van der Waals surface area contributed by atoms with E-state index < -0.39 is 0 Å². The number of hydrogen-bond acceptors (Lipinski definition) is 3. The van der Waals surface area contributed by atoms with Gasteiger partial charge in [-0.25, -0.2) is 0 Å². The third kappa shape index (κ3) is 4.33. The van der Waals surface area contributed by atoms with Crippen LogP contribution in [0.1, 0.15) is 30.5 Å². The first kappa shape index (κ1) is 12.7. The molecule has 1 N–H and O–H groups in total. The molecule has 0 fully saturated rings. The third-order valence-electron chi connectivity index (χ3n) is 2.50. The van der Waals surface area contributed by atoms with Crippen molar-refractivity contribution in [1.82, 2.24) is 5.32 Å². The summed E-state index contributed by atoms with van der Waals surface area (Å²) in [6.07, 6.45) is 0.333. The number of ether oxygens (including phenoxy) is 1. The van der Waals surface area contributed by atoms with Crippen molar-refractivity contribution < 1.29 is 4.74 Å². The molecule has 1 atom stereocenters. The molecule has 0 aliphatic rings. The van der Waals surface area contributed by atoms with Crippen LogP contribution in [0.5, 0.6) is 0 Å². The highest BCUT2D eigenvalue weighted by molar-refractivity contribution is 7.11. The van der Waals surface area contributed by atoms with Crippen molar-refractivity contribution >= 4 is 11.3 Å². The lowest BCUT2D eigenvalue weighted by Gasteiger charge is -2.15. The second-order valence-electron chi connectivity index (χ2n) is 4.16. The predicted molar refractivity (Wildman–Crippen MR) is 66.2 cm³/mol. The van der Waals surface area contributed by atoms with Crippen molar-refractivity contribution in [2.75, 3.05) is 7.05 Å². The van der Waals surface area contributed by atoms with Crippen LogP contribution in [0.25, 0.3) is 0 Å². The van der Waals surface area contributed by atoms with Crippen molar-refractivity contribution in [3.8, 4) is 0 Å². The molecule has 1 unspecified atom stereocenters. The van der Waals surface area contributed by atoms with E-state index >= 15 is 0 Å². The second-order valence-corrected chi connectivity index (χ2v) is 5.41. The van der Waals surface area contributed by atoms with E-state index in [0.717, 1.165) is 13.2 Å². The van der Waals surface area contributed by atoms with Crippen LogP contribution in [0.15, 0.2) is 12.1 Å². The van der Waals surface area contributed by atoms with E-state index in [1.165, 1.54) is 9.75 Å². The molecule has 0 amide bonds. The first-order valence-electron chi connectivity index (χ1n) is 5.47. The van der Waals surface area contributed by atoms with Crippen LogP contribution >= 0.6 is 11.3 Å². The molecule has 1 aromatic rings. The Morgan fingerprint density at radius 3 is 2.53 bits per heavy atom. The fourth-order valence-corrected chi connectivity index (χ4v) is 2.13. The molecule has 0 spiro atoms. The van der Waals surface area contributed by atoms with Gasteiger partial charge in [-0.3, -0.25) is 0 Å². The smallest absolute Gasteiger partial charge is 0.0813 e. The van der Waals surface area contributed by atoms with Gasteiger partial charge in [-0.15, -0.1) is 11.3 Å². The van der Waals surface area contributed by atoms with Gasteiger partial charge in [0.25, 0.3) is 0 Å². The van der Waals surface area contributed by atoms with Crippen LogP contribution in [0.2, 0.25) is 0 Å². The summed E-state index contributed by atoms with van der Waals surface area (Å²) in [4.78, 5) is 2.68. The molecule has 15 heavy (non-hydrogen) atoms. The Balaban J connectivity index is 2.37. The molecule has 1 aromatic heterocycles. The first-order chi connectivity index (χ1) is 7.13. The van der Waals surface area contributed by atoms with Gasteiger partial charge in [0.05, 0.1) is 12.7 Å². The number of hydrogen-bond donors (Lipinski definition) is 1. The van der Waals surface area contributed by atoms with Crippen LogP contribution in [-0.4, -0.2) is 13.2 Å². The second kappa shape index (κ2) is 6.26. The SMILES string of the molecule is CNCc1ccc(COC(C)C(C)C)s1. The fourth-order valence-electron chi connectivity index (χ4n) is 1.18. The standard InChI is InChI=1S/C12H21NOS/c1-9(2)10(3)14-8-12-6-5-11(15-12)7-13-4/h5-6,9-10,13H,7-8H2,1-4H3. The van der Waals surface area contributed by atoms with Crippen LogP contribution in [-0.2, 0) is 17.9 Å². The Bertz CT molecular complexity index is 283. The summed E-state index contributed by atoms with van der Waals surface area (Å²) in [7, 11) is 1.97. The summed E-state index contributed by atoms with van der Waals surface area (Å²) in [6, 6.07) is 4.32. The summed E-state index contributed by atoms with van der Waals surface area (Å²) in [5.41, 5.74) is 0. The Morgan fingerprint density at radius 2 is 1.93 bits per heavy atom. The van der Waals surface area contributed by atoms with E-state index in [1.54, 1.807) is 0 Å². The fraction of sp³-hybridized carbons (Fsp3) is 0.667. The lowest BCUT2D eigenvalue weighted by Crippen LogP contribution is -2.14. The van der Waals surface area contributed by atoms with Gasteiger partial charge in [-0.05, 0) is 32.0 Å². The monoisotopic (exact) mass is 227 g/mol. The number of nitrogens with one attached hydrogen (secondary N) is 1. The van der Waals surface area contributed by atoms with Gasteiger partial charge >= 0.3 is 0 Å². The maximum Gasteiger partial charge on any atom is 0.0813 e. The van der Waals surface area contributed by atoms with Gasteiger partial charge in [0, 0.05) is 16.3 Å². The molecule has 86 valence electrons. The van der Waals surface area contributed by atoms with Crippen molar-refractivity contribution in [1.29, 1.82) is 0 Å². The van der Waals surface area contributed by atoms with Gasteiger partial charge in [-0.1, -0.05) is 13.8 Å². The van der Waals surface area contributed by atoms with Crippen LogP contribution in [0, 0.1) is 5.92 Å². The molecule has 0 bridgehead atoms. The number of rotatable bonds is 6. The zero-order valence-corrected chi connectivity index (χ0v) is 10.9. The lowest BCUT2D eigenvalue weighted by atomic mass is 10.1. The molecule has 1 rings (SSSR count). The van der Waals surface area contributed by atoms with Crippen molar-refractivity contribution in [3.05, 3.63) is 21.9 Å². The average Bonchev–Trinajstić information content (AvgIpc) is 2.62. The van der Waals surface area contributed by atoms with Gasteiger partial charge in [0.15, 0.2) is 0 Å². The Labute approximate surface area is 96.7 Å². The zero-order chi connectivity index (χ0) is 11.3. The van der Waals surface area contributed by atoms with Crippen LogP contribution in [0.4, 0.5) is 0 Å². The Kier molecular flexibility index (Phi) is 5.29. The highest BCUT2D eigenvalue weighted by Gasteiger charge is 2.08. The minimum atomic E-state index is 0.333. The molecular formula is C12H21NOS. The highest BCUT2D eigenvalue weighted by Crippen LogP contribution is 2.18. The maximum absolute atomic E-state index is 5.77. The van der Waals surface area contributed by atoms with Gasteiger partial charge in [-0.2, -0.15) is 0 Å². The summed E-state index contributed by atoms with van der Waals surface area (Å²) in [5, 5.41) is 3.15. The largest absolute Gasteiger partial charge is 0.373 e. The van der Waals surface area contributed by atoms with Crippen molar-refractivity contribution in [2.45, 2.75) is 40.0 Å². The third-order valence-corrected chi connectivity index (χ3v) is 3.55. The molecule has 2 nitrogen and oxygen atoms in total. The van der Waals surface area contributed by atoms with Crippen LogP contribution in [0.3, 0.4) is 0 Å². The van der Waals surface area contributed by atoms with E-state index in [-0.39, 0.29) is 0 Å². The first-order valence-corrected chi connectivity index (χ1v) is 6.29. The summed E-state index contributed by atoms with van der Waals surface area (Å²) in [5.74, 6) is 0.585. The van der Waals surface area contributed by atoms with E-state index in [2.05, 4.69) is 38.2 Å². The van der Waals surface area contributed by atoms with E-state index in [1.807, 2.05) is 18.4 Å². The Hall–Kier alpha value is -0.380. The van der Waals surface area contributed by atoms with Gasteiger partial charge in [0.1, 0.15) is 0 Å². The molecule has 0 radical (unpaired) electrons. The average molecular weight is 227 g/mol. The van der Waals surface area contributed by atoms with Crippen molar-refractivity contribution in [2.24, 2.45) is 5.92 Å². The van der Waals surface area contributed by atoms with Gasteiger partial charge < -0.3 is 10.1 Å². The van der Waals surface area contributed by atoms with E-state index in [0.29, 0.717) is 12.0 Å². The summed E-state index contributed by atoms with van der Waals surface area (Å²) < 4.78 is 5.77. The molecule has 0 aliphatic heterocycles. The molecule has 0 aliphatic carbocycles. The molecule has 1 heterocycles. The summed E-state index contributed by atoms with van der Waals surface area (Å²) in [6.45, 7) is 8.20.